The zero-order valence-electron chi connectivity index (χ0n) is 16.8. The van der Waals surface area contributed by atoms with E-state index in [9.17, 15) is 4.79 Å². The van der Waals surface area contributed by atoms with Crippen LogP contribution in [0.4, 0.5) is 0 Å². The Morgan fingerprint density at radius 3 is 2.55 bits per heavy atom. The largest absolute Gasteiger partial charge is 0.349 e. The van der Waals surface area contributed by atoms with Gasteiger partial charge in [-0.15, -0.1) is 16.8 Å². The molecule has 29 heavy (non-hydrogen) atoms. The van der Waals surface area contributed by atoms with Crippen LogP contribution in [0.15, 0.2) is 72.4 Å². The third-order valence-electron chi connectivity index (χ3n) is 4.62. The molecule has 3 rings (SSSR count). The Hall–Kier alpha value is -2.86. The molecule has 1 amide bonds. The second kappa shape index (κ2) is 10.1. The predicted octanol–water partition coefficient (Wildman–Crippen LogP) is 4.80. The Labute approximate surface area is 176 Å². The Kier molecular flexibility index (Phi) is 7.25. The third kappa shape index (κ3) is 5.35. The monoisotopic (exact) mass is 406 g/mol. The fraction of sp³-hybridized carbons (Fsp3) is 0.261. The van der Waals surface area contributed by atoms with E-state index in [-0.39, 0.29) is 17.7 Å². The average molecular weight is 407 g/mol. The second-order valence-electron chi connectivity index (χ2n) is 6.80. The van der Waals surface area contributed by atoms with Crippen LogP contribution in [0, 0.1) is 6.92 Å². The van der Waals surface area contributed by atoms with Crippen LogP contribution in [0.2, 0.25) is 0 Å². The number of aryl methyl sites for hydroxylation is 1. The van der Waals surface area contributed by atoms with E-state index < -0.39 is 0 Å². The molecule has 6 heteroatoms. The van der Waals surface area contributed by atoms with Crippen LogP contribution < -0.4 is 5.32 Å². The van der Waals surface area contributed by atoms with Crippen LogP contribution in [-0.2, 0) is 11.3 Å². The van der Waals surface area contributed by atoms with Crippen molar-refractivity contribution in [2.24, 2.45) is 0 Å². The van der Waals surface area contributed by atoms with Crippen molar-refractivity contribution < 1.29 is 4.79 Å². The summed E-state index contributed by atoms with van der Waals surface area (Å²) in [7, 11) is 0. The van der Waals surface area contributed by atoms with E-state index in [1.807, 2.05) is 41.0 Å². The van der Waals surface area contributed by atoms with Gasteiger partial charge in [0.2, 0.25) is 5.91 Å². The van der Waals surface area contributed by atoms with Gasteiger partial charge in [-0.2, -0.15) is 0 Å². The number of rotatable bonds is 9. The van der Waals surface area contributed by atoms with Gasteiger partial charge >= 0.3 is 0 Å². The molecule has 1 aromatic heterocycles. The summed E-state index contributed by atoms with van der Waals surface area (Å²) >= 11 is 1.39. The average Bonchev–Trinajstić information content (AvgIpc) is 3.15. The molecular weight excluding hydrogens is 380 g/mol. The van der Waals surface area contributed by atoms with Gasteiger partial charge in [0.25, 0.3) is 0 Å². The molecule has 0 saturated heterocycles. The molecule has 1 heterocycles. The Morgan fingerprint density at radius 1 is 1.17 bits per heavy atom. The molecule has 1 atom stereocenters. The van der Waals surface area contributed by atoms with Gasteiger partial charge in [0.1, 0.15) is 0 Å². The van der Waals surface area contributed by atoms with E-state index in [0.29, 0.717) is 11.7 Å². The van der Waals surface area contributed by atoms with Crippen LogP contribution in [0.1, 0.15) is 30.5 Å². The van der Waals surface area contributed by atoms with Gasteiger partial charge in [-0.3, -0.25) is 9.36 Å². The zero-order valence-corrected chi connectivity index (χ0v) is 17.7. The van der Waals surface area contributed by atoms with E-state index in [2.05, 4.69) is 60.2 Å². The lowest BCUT2D eigenvalue weighted by atomic mass is 10.0. The number of benzene rings is 2. The molecule has 0 unspecified atom stereocenters. The minimum Gasteiger partial charge on any atom is -0.349 e. The molecule has 0 aliphatic heterocycles. The molecule has 0 aliphatic carbocycles. The van der Waals surface area contributed by atoms with Gasteiger partial charge in [0, 0.05) is 12.1 Å². The molecule has 2 aromatic carbocycles. The molecule has 0 saturated carbocycles. The van der Waals surface area contributed by atoms with Gasteiger partial charge < -0.3 is 5.32 Å². The van der Waals surface area contributed by atoms with Gasteiger partial charge in [0.15, 0.2) is 11.0 Å². The smallest absolute Gasteiger partial charge is 0.230 e. The van der Waals surface area contributed by atoms with Crippen molar-refractivity contribution in [3.8, 4) is 11.4 Å². The highest BCUT2D eigenvalue weighted by Crippen LogP contribution is 2.24. The summed E-state index contributed by atoms with van der Waals surface area (Å²) in [5.74, 6) is 1.04. The Morgan fingerprint density at radius 2 is 1.90 bits per heavy atom. The van der Waals surface area contributed by atoms with Crippen molar-refractivity contribution in [1.82, 2.24) is 20.1 Å². The third-order valence-corrected chi connectivity index (χ3v) is 5.58. The summed E-state index contributed by atoms with van der Waals surface area (Å²) in [5, 5.41) is 12.5. The van der Waals surface area contributed by atoms with E-state index >= 15 is 0 Å². The fourth-order valence-electron chi connectivity index (χ4n) is 3.08. The number of hydrogen-bond acceptors (Lipinski definition) is 4. The van der Waals surface area contributed by atoms with E-state index in [4.69, 9.17) is 0 Å². The second-order valence-corrected chi connectivity index (χ2v) is 7.74. The molecule has 1 N–H and O–H groups in total. The molecule has 5 nitrogen and oxygen atoms in total. The van der Waals surface area contributed by atoms with Crippen LogP contribution in [0.3, 0.4) is 0 Å². The minimum absolute atomic E-state index is 0.00891. The quantitative estimate of drug-likeness (QED) is 0.410. The van der Waals surface area contributed by atoms with E-state index in [1.54, 1.807) is 0 Å². The Bertz CT molecular complexity index is 951. The van der Waals surface area contributed by atoms with Gasteiger partial charge in [-0.05, 0) is 18.9 Å². The molecule has 0 radical (unpaired) electrons. The highest BCUT2D eigenvalue weighted by molar-refractivity contribution is 7.99. The van der Waals surface area contributed by atoms with Crippen molar-refractivity contribution in [3.05, 3.63) is 78.4 Å². The summed E-state index contributed by atoms with van der Waals surface area (Å²) in [6, 6.07) is 18.2. The lowest BCUT2D eigenvalue weighted by molar-refractivity contribution is -0.119. The predicted molar refractivity (Wildman–Crippen MR) is 119 cm³/mol. The maximum absolute atomic E-state index is 12.6. The molecule has 0 aliphatic rings. The van der Waals surface area contributed by atoms with E-state index in [1.165, 1.54) is 17.3 Å². The molecule has 0 bridgehead atoms. The van der Waals surface area contributed by atoms with Crippen LogP contribution in [0.5, 0.6) is 0 Å². The van der Waals surface area contributed by atoms with Crippen molar-refractivity contribution in [2.45, 2.75) is 38.0 Å². The Balaban J connectivity index is 1.67. The first-order chi connectivity index (χ1) is 14.1. The zero-order chi connectivity index (χ0) is 20.6. The summed E-state index contributed by atoms with van der Waals surface area (Å²) in [6.45, 7) is 8.55. The number of hydrogen-bond donors (Lipinski definition) is 1. The number of carbonyl (C=O) groups excluding carboxylic acids is 1. The van der Waals surface area contributed by atoms with Gasteiger partial charge in [0.05, 0.1) is 11.8 Å². The maximum Gasteiger partial charge on any atom is 0.230 e. The SMILES string of the molecule is C=CCn1c(SCC(=O)N[C@H](CC)c2ccc(C)cc2)nnc1-c1ccccc1. The fourth-order valence-corrected chi connectivity index (χ4v) is 3.83. The number of nitrogens with zero attached hydrogens (tertiary/aromatic N) is 3. The number of aromatic nitrogens is 3. The lowest BCUT2D eigenvalue weighted by Gasteiger charge is -2.17. The molecule has 0 fully saturated rings. The van der Waals surface area contributed by atoms with Gasteiger partial charge in [-0.1, -0.05) is 84.9 Å². The number of allylic oxidation sites excluding steroid dienone is 1. The highest BCUT2D eigenvalue weighted by atomic mass is 32.2. The maximum atomic E-state index is 12.6. The number of thioether (sulfide) groups is 1. The molecular formula is C23H26N4OS. The summed E-state index contributed by atoms with van der Waals surface area (Å²) in [5.41, 5.74) is 3.32. The minimum atomic E-state index is -0.0168. The first kappa shape index (κ1) is 20.9. The molecule has 3 aromatic rings. The summed E-state index contributed by atoms with van der Waals surface area (Å²) in [6.07, 6.45) is 2.65. The first-order valence-corrected chi connectivity index (χ1v) is 10.7. The number of nitrogens with one attached hydrogen (secondary N) is 1. The number of amides is 1. The van der Waals surface area contributed by atoms with Crippen molar-refractivity contribution in [3.63, 3.8) is 0 Å². The van der Waals surface area contributed by atoms with Gasteiger partial charge in [-0.25, -0.2) is 0 Å². The summed E-state index contributed by atoms with van der Waals surface area (Å²) < 4.78 is 1.98. The first-order valence-electron chi connectivity index (χ1n) is 9.70. The number of carbonyl (C=O) groups is 1. The molecule has 150 valence electrons. The topological polar surface area (TPSA) is 59.8 Å². The standard InChI is InChI=1S/C23H26N4OS/c1-4-15-27-22(19-9-7-6-8-10-19)25-26-23(27)29-16-21(28)24-20(5-2)18-13-11-17(3)12-14-18/h4,6-14,20H,1,5,15-16H2,2-3H3,(H,24,28)/t20-/m1/s1. The van der Waals surface area contributed by atoms with Crippen molar-refractivity contribution >= 4 is 17.7 Å². The van der Waals surface area contributed by atoms with Crippen molar-refractivity contribution in [2.75, 3.05) is 5.75 Å². The van der Waals surface area contributed by atoms with Crippen LogP contribution >= 0.6 is 11.8 Å². The van der Waals surface area contributed by atoms with E-state index in [0.717, 1.165) is 23.4 Å². The van der Waals surface area contributed by atoms with Crippen LogP contribution in [-0.4, -0.2) is 26.4 Å². The van der Waals surface area contributed by atoms with Crippen molar-refractivity contribution in [1.29, 1.82) is 0 Å². The van der Waals surface area contributed by atoms with Crippen LogP contribution in [0.25, 0.3) is 11.4 Å². The molecule has 0 spiro atoms. The normalized spacial score (nSPS) is 11.8. The summed E-state index contributed by atoms with van der Waals surface area (Å²) in [4.78, 5) is 12.6. The highest BCUT2D eigenvalue weighted by Gasteiger charge is 2.17. The lowest BCUT2D eigenvalue weighted by Crippen LogP contribution is -2.29.